The third-order valence-electron chi connectivity index (χ3n) is 6.95. The maximum absolute atomic E-state index is 14.8. The minimum atomic E-state index is -0.438. The minimum Gasteiger partial charge on any atom is -0.206 e. The van der Waals surface area contributed by atoms with Crippen LogP contribution in [0.4, 0.5) is 8.78 Å². The van der Waals surface area contributed by atoms with E-state index < -0.39 is 11.6 Å². The molecule has 4 rings (SSSR count). The Hall–Kier alpha value is -1.70. The van der Waals surface area contributed by atoms with E-state index in [1.165, 1.54) is 79.8 Å². The first kappa shape index (κ1) is 19.6. The van der Waals surface area contributed by atoms with Crippen molar-refractivity contribution in [2.75, 3.05) is 0 Å². The Balaban J connectivity index is 1.99. The molecular weight excluding hydrogens is 350 g/mol. The Morgan fingerprint density at radius 3 is 1.82 bits per heavy atom. The lowest BCUT2D eigenvalue weighted by Crippen LogP contribution is -2.14. The summed E-state index contributed by atoms with van der Waals surface area (Å²) in [6.07, 6.45) is 11.0. The van der Waals surface area contributed by atoms with E-state index in [4.69, 9.17) is 0 Å². The number of hydrogen-bond donors (Lipinski definition) is 0. The summed E-state index contributed by atoms with van der Waals surface area (Å²) in [6.45, 7) is 4.50. The SMILES string of the molecule is CC(C)c1ccc(-c2c(F)cccc2F)c(C2CCCCC2)c1C1CCCC1. The molecule has 2 heteroatoms. The molecule has 0 aromatic heterocycles. The molecule has 0 unspecified atom stereocenters. The minimum absolute atomic E-state index is 0.178. The predicted octanol–water partition coefficient (Wildman–Crippen LogP) is 8.46. The molecule has 0 N–H and O–H groups in total. The van der Waals surface area contributed by atoms with Crippen molar-refractivity contribution in [2.24, 2.45) is 0 Å². The molecule has 2 aromatic carbocycles. The summed E-state index contributed by atoms with van der Waals surface area (Å²) in [5.74, 6) is 0.525. The lowest BCUT2D eigenvalue weighted by atomic mass is 9.73. The molecule has 0 atom stereocenters. The number of rotatable bonds is 4. The van der Waals surface area contributed by atoms with Crippen LogP contribution in [-0.2, 0) is 0 Å². The summed E-state index contributed by atoms with van der Waals surface area (Å²) in [5, 5.41) is 0. The molecule has 0 bridgehead atoms. The van der Waals surface area contributed by atoms with E-state index in [1.54, 1.807) is 0 Å². The highest BCUT2D eigenvalue weighted by molar-refractivity contribution is 5.72. The average molecular weight is 383 g/mol. The van der Waals surface area contributed by atoms with Gasteiger partial charge in [-0.1, -0.05) is 64.2 Å². The average Bonchev–Trinajstić information content (AvgIpc) is 3.22. The van der Waals surface area contributed by atoms with Crippen LogP contribution in [0.2, 0.25) is 0 Å². The van der Waals surface area contributed by atoms with Gasteiger partial charge in [0.2, 0.25) is 0 Å². The second kappa shape index (κ2) is 8.35. The summed E-state index contributed by atoms with van der Waals surface area (Å²) in [6, 6.07) is 8.43. The van der Waals surface area contributed by atoms with Crippen LogP contribution in [0.25, 0.3) is 11.1 Å². The van der Waals surface area contributed by atoms with Crippen molar-refractivity contribution >= 4 is 0 Å². The second-order valence-corrected chi connectivity index (χ2v) is 9.10. The molecule has 2 saturated carbocycles. The summed E-state index contributed by atoms with van der Waals surface area (Å²) in [5.41, 5.74) is 5.11. The zero-order chi connectivity index (χ0) is 19.7. The normalized spacial score (nSPS) is 18.9. The van der Waals surface area contributed by atoms with Gasteiger partial charge < -0.3 is 0 Å². The van der Waals surface area contributed by atoms with Gasteiger partial charge in [-0.2, -0.15) is 0 Å². The maximum atomic E-state index is 14.8. The Labute approximate surface area is 168 Å². The molecular formula is C26H32F2. The molecule has 0 aliphatic heterocycles. The van der Waals surface area contributed by atoms with Crippen LogP contribution in [0.3, 0.4) is 0 Å². The number of hydrogen-bond acceptors (Lipinski definition) is 0. The fourth-order valence-corrected chi connectivity index (χ4v) is 5.63. The monoisotopic (exact) mass is 382 g/mol. The van der Waals surface area contributed by atoms with Crippen molar-refractivity contribution in [3.63, 3.8) is 0 Å². The highest BCUT2D eigenvalue weighted by Gasteiger charge is 2.31. The molecule has 0 heterocycles. The summed E-state index contributed by atoms with van der Waals surface area (Å²) < 4.78 is 29.6. The first-order valence-corrected chi connectivity index (χ1v) is 11.2. The fraction of sp³-hybridized carbons (Fsp3) is 0.538. The van der Waals surface area contributed by atoms with Crippen molar-refractivity contribution in [3.05, 3.63) is 58.7 Å². The maximum Gasteiger partial charge on any atom is 0.133 e. The molecule has 0 saturated heterocycles. The third kappa shape index (κ3) is 3.63. The van der Waals surface area contributed by atoms with Gasteiger partial charge in [0, 0.05) is 0 Å². The molecule has 2 aromatic rings. The topological polar surface area (TPSA) is 0 Å². The first-order chi connectivity index (χ1) is 13.6. The van der Waals surface area contributed by atoms with Crippen LogP contribution in [0, 0.1) is 11.6 Å². The largest absolute Gasteiger partial charge is 0.206 e. The van der Waals surface area contributed by atoms with E-state index in [1.807, 2.05) is 6.07 Å². The van der Waals surface area contributed by atoms with E-state index in [2.05, 4.69) is 19.9 Å². The Bertz CT molecular complexity index is 804. The van der Waals surface area contributed by atoms with Gasteiger partial charge in [-0.05, 0) is 77.8 Å². The highest BCUT2D eigenvalue weighted by Crippen LogP contribution is 2.48. The van der Waals surface area contributed by atoms with Gasteiger partial charge in [-0.3, -0.25) is 0 Å². The van der Waals surface area contributed by atoms with Crippen LogP contribution in [0.5, 0.6) is 0 Å². The van der Waals surface area contributed by atoms with E-state index in [9.17, 15) is 8.78 Å². The van der Waals surface area contributed by atoms with Crippen molar-refractivity contribution in [3.8, 4) is 11.1 Å². The molecule has 2 aliphatic carbocycles. The van der Waals surface area contributed by atoms with Crippen molar-refractivity contribution < 1.29 is 8.78 Å². The molecule has 28 heavy (non-hydrogen) atoms. The van der Waals surface area contributed by atoms with Crippen LogP contribution < -0.4 is 0 Å². The van der Waals surface area contributed by atoms with Gasteiger partial charge in [0.15, 0.2) is 0 Å². The molecule has 0 radical (unpaired) electrons. The van der Waals surface area contributed by atoms with E-state index >= 15 is 0 Å². The summed E-state index contributed by atoms with van der Waals surface area (Å²) >= 11 is 0. The van der Waals surface area contributed by atoms with Crippen LogP contribution in [-0.4, -0.2) is 0 Å². The van der Waals surface area contributed by atoms with Gasteiger partial charge in [-0.25, -0.2) is 8.78 Å². The Kier molecular flexibility index (Phi) is 5.85. The van der Waals surface area contributed by atoms with Crippen molar-refractivity contribution in [1.29, 1.82) is 0 Å². The second-order valence-electron chi connectivity index (χ2n) is 9.10. The molecule has 2 aliphatic rings. The van der Waals surface area contributed by atoms with Crippen molar-refractivity contribution in [2.45, 2.75) is 89.4 Å². The lowest BCUT2D eigenvalue weighted by molar-refractivity contribution is 0.439. The van der Waals surface area contributed by atoms with E-state index in [0.717, 1.165) is 18.4 Å². The third-order valence-corrected chi connectivity index (χ3v) is 6.95. The number of halogens is 2. The smallest absolute Gasteiger partial charge is 0.133 e. The predicted molar refractivity (Wildman–Crippen MR) is 113 cm³/mol. The van der Waals surface area contributed by atoms with Gasteiger partial charge in [0.1, 0.15) is 11.6 Å². The van der Waals surface area contributed by atoms with Gasteiger partial charge in [0.05, 0.1) is 5.56 Å². The van der Waals surface area contributed by atoms with Crippen LogP contribution >= 0.6 is 0 Å². The quantitative estimate of drug-likeness (QED) is 0.497. The standard InChI is InChI=1S/C26H32F2/c1-17(2)20-15-16-21(26-22(27)13-8-14-23(26)28)25(19-9-4-3-5-10-19)24(20)18-11-6-7-12-18/h8,13-19H,3-7,9-12H2,1-2H3. The Morgan fingerprint density at radius 2 is 1.25 bits per heavy atom. The molecule has 150 valence electrons. The zero-order valence-electron chi connectivity index (χ0n) is 17.2. The zero-order valence-corrected chi connectivity index (χ0v) is 17.2. The first-order valence-electron chi connectivity index (χ1n) is 11.2. The molecule has 0 nitrogen and oxygen atoms in total. The lowest BCUT2D eigenvalue weighted by Gasteiger charge is -2.32. The highest BCUT2D eigenvalue weighted by atomic mass is 19.1. The van der Waals surface area contributed by atoms with Gasteiger partial charge in [0.25, 0.3) is 0 Å². The summed E-state index contributed by atoms with van der Waals surface area (Å²) in [7, 11) is 0. The Morgan fingerprint density at radius 1 is 0.714 bits per heavy atom. The molecule has 0 spiro atoms. The summed E-state index contributed by atoms with van der Waals surface area (Å²) in [4.78, 5) is 0. The van der Waals surface area contributed by atoms with Crippen LogP contribution in [0.15, 0.2) is 30.3 Å². The molecule has 2 fully saturated rings. The fourth-order valence-electron chi connectivity index (χ4n) is 5.63. The van der Waals surface area contributed by atoms with Crippen LogP contribution in [0.1, 0.15) is 106 Å². The van der Waals surface area contributed by atoms with E-state index in [-0.39, 0.29) is 5.56 Å². The van der Waals surface area contributed by atoms with Crippen molar-refractivity contribution in [1.82, 2.24) is 0 Å². The van der Waals surface area contributed by atoms with E-state index in [0.29, 0.717) is 17.8 Å². The number of benzene rings is 2. The van der Waals surface area contributed by atoms with Gasteiger partial charge >= 0.3 is 0 Å². The van der Waals surface area contributed by atoms with Gasteiger partial charge in [-0.15, -0.1) is 0 Å². The molecule has 0 amide bonds.